The molecule has 4 aromatic rings. The van der Waals surface area contributed by atoms with Crippen molar-refractivity contribution in [1.82, 2.24) is 44.3 Å². The van der Waals surface area contributed by atoms with Crippen LogP contribution >= 0.6 is 0 Å². The smallest absolute Gasteiger partial charge is 0.267 e. The van der Waals surface area contributed by atoms with Gasteiger partial charge in [-0.25, -0.2) is 24.0 Å². The average Bonchev–Trinajstić information content (AvgIpc) is 3.50. The number of rotatable bonds is 5. The van der Waals surface area contributed by atoms with E-state index in [9.17, 15) is 4.79 Å². The van der Waals surface area contributed by atoms with Gasteiger partial charge in [-0.3, -0.25) is 9.78 Å². The molecule has 11 heteroatoms. The lowest BCUT2D eigenvalue weighted by Gasteiger charge is -2.29. The summed E-state index contributed by atoms with van der Waals surface area (Å²) in [6, 6.07) is 5.35. The Morgan fingerprint density at radius 1 is 0.967 bits per heavy atom. The van der Waals surface area contributed by atoms with E-state index in [0.717, 1.165) is 31.5 Å². The molecule has 0 saturated heterocycles. The number of hydrogen-bond acceptors (Lipinski definition) is 8. The van der Waals surface area contributed by atoms with Crippen molar-refractivity contribution >= 4 is 5.82 Å². The van der Waals surface area contributed by atoms with Crippen molar-refractivity contribution in [2.45, 2.75) is 37.8 Å². The van der Waals surface area contributed by atoms with Crippen LogP contribution in [0.1, 0.15) is 31.7 Å². The van der Waals surface area contributed by atoms with Gasteiger partial charge in [0, 0.05) is 24.5 Å². The number of aromatic nitrogens is 9. The maximum Gasteiger partial charge on any atom is 0.267 e. The Labute approximate surface area is 171 Å². The highest BCUT2D eigenvalue weighted by molar-refractivity contribution is 5.36. The number of nitrogens with one attached hydrogen (secondary N) is 1. The van der Waals surface area contributed by atoms with Crippen LogP contribution in [0.2, 0.25) is 0 Å². The van der Waals surface area contributed by atoms with E-state index >= 15 is 0 Å². The van der Waals surface area contributed by atoms with Gasteiger partial charge >= 0.3 is 0 Å². The number of nitrogens with zero attached hydrogens (tertiary/aromatic N) is 9. The van der Waals surface area contributed by atoms with Crippen molar-refractivity contribution in [3.05, 3.63) is 66.0 Å². The second-order valence-corrected chi connectivity index (χ2v) is 7.18. The second-order valence-electron chi connectivity index (χ2n) is 7.18. The molecule has 152 valence electrons. The first-order valence-corrected chi connectivity index (χ1v) is 9.80. The second kappa shape index (κ2) is 7.85. The van der Waals surface area contributed by atoms with E-state index in [1.165, 1.54) is 12.4 Å². The van der Waals surface area contributed by atoms with Crippen molar-refractivity contribution in [1.29, 1.82) is 0 Å². The molecule has 4 heterocycles. The molecular weight excluding hydrogens is 384 g/mol. The predicted molar refractivity (Wildman–Crippen MR) is 107 cm³/mol. The largest absolute Gasteiger partial charge is 0.366 e. The summed E-state index contributed by atoms with van der Waals surface area (Å²) in [5, 5.41) is 16.2. The van der Waals surface area contributed by atoms with Gasteiger partial charge in [0.2, 0.25) is 0 Å². The summed E-state index contributed by atoms with van der Waals surface area (Å²) >= 11 is 0. The lowest BCUT2D eigenvalue weighted by Crippen LogP contribution is -2.33. The Hall–Kier alpha value is -3.89. The van der Waals surface area contributed by atoms with Crippen LogP contribution < -0.4 is 10.9 Å². The van der Waals surface area contributed by atoms with E-state index in [2.05, 4.69) is 35.6 Å². The first-order valence-electron chi connectivity index (χ1n) is 9.80. The predicted octanol–water partition coefficient (Wildman–Crippen LogP) is 1.40. The standard InChI is InChI=1S/C19H20N10O/c30-19-7-6-17(28-13-21-12-23-28)26-29(19)15-4-2-14(3-5-15)24-16-10-20-11-18(25-16)27-9-1-8-22-27/h1,6-15H,2-5H2,(H,24,25). The molecule has 0 amide bonds. The summed E-state index contributed by atoms with van der Waals surface area (Å²) in [6.07, 6.45) is 13.4. The maximum absolute atomic E-state index is 12.4. The van der Waals surface area contributed by atoms with Crippen molar-refractivity contribution in [3.63, 3.8) is 0 Å². The van der Waals surface area contributed by atoms with Gasteiger partial charge in [-0.1, -0.05) is 0 Å². The molecule has 1 fully saturated rings. The van der Waals surface area contributed by atoms with Crippen LogP contribution in [0, 0.1) is 0 Å². The lowest BCUT2D eigenvalue weighted by atomic mass is 9.91. The van der Waals surface area contributed by atoms with Gasteiger partial charge in [-0.05, 0) is 37.8 Å². The SMILES string of the molecule is O=c1ccc(-n2cncn2)nn1C1CCC(Nc2cncc(-n3cccn3)n2)CC1. The molecule has 0 aliphatic heterocycles. The molecule has 4 aromatic heterocycles. The van der Waals surface area contributed by atoms with Crippen LogP contribution in [0.5, 0.6) is 0 Å². The molecule has 0 bridgehead atoms. The Morgan fingerprint density at radius 3 is 2.63 bits per heavy atom. The summed E-state index contributed by atoms with van der Waals surface area (Å²) in [5.74, 6) is 1.97. The third-order valence-corrected chi connectivity index (χ3v) is 5.22. The molecule has 30 heavy (non-hydrogen) atoms. The first kappa shape index (κ1) is 18.2. The molecule has 1 aliphatic carbocycles. The molecule has 0 radical (unpaired) electrons. The summed E-state index contributed by atoms with van der Waals surface area (Å²) in [7, 11) is 0. The fourth-order valence-electron chi connectivity index (χ4n) is 3.74. The highest BCUT2D eigenvalue weighted by atomic mass is 16.1. The van der Waals surface area contributed by atoms with Crippen LogP contribution in [-0.4, -0.2) is 50.3 Å². The highest BCUT2D eigenvalue weighted by Gasteiger charge is 2.24. The van der Waals surface area contributed by atoms with E-state index < -0.39 is 0 Å². The fourth-order valence-corrected chi connectivity index (χ4v) is 3.74. The minimum Gasteiger partial charge on any atom is -0.366 e. The molecule has 0 spiro atoms. The van der Waals surface area contributed by atoms with Crippen LogP contribution in [-0.2, 0) is 0 Å². The molecule has 1 N–H and O–H groups in total. The van der Waals surface area contributed by atoms with E-state index in [1.807, 2.05) is 12.3 Å². The van der Waals surface area contributed by atoms with Gasteiger partial charge in [-0.2, -0.15) is 10.2 Å². The summed E-state index contributed by atoms with van der Waals surface area (Å²) in [5.41, 5.74) is -0.104. The van der Waals surface area contributed by atoms with E-state index in [1.54, 1.807) is 45.0 Å². The average molecular weight is 404 g/mol. The van der Waals surface area contributed by atoms with Crippen molar-refractivity contribution < 1.29 is 0 Å². The minimum absolute atomic E-state index is 0.0560. The third kappa shape index (κ3) is 3.69. The summed E-state index contributed by atoms with van der Waals surface area (Å²) in [6.45, 7) is 0. The van der Waals surface area contributed by atoms with Gasteiger partial charge < -0.3 is 5.32 Å². The zero-order chi connectivity index (χ0) is 20.3. The zero-order valence-corrected chi connectivity index (χ0v) is 16.1. The Balaban J connectivity index is 1.26. The summed E-state index contributed by atoms with van der Waals surface area (Å²) in [4.78, 5) is 25.2. The maximum atomic E-state index is 12.4. The van der Waals surface area contributed by atoms with Crippen LogP contribution in [0.25, 0.3) is 11.6 Å². The summed E-state index contributed by atoms with van der Waals surface area (Å²) < 4.78 is 4.80. The van der Waals surface area contributed by atoms with Gasteiger partial charge in [0.25, 0.3) is 5.56 Å². The number of anilines is 1. The van der Waals surface area contributed by atoms with Crippen molar-refractivity contribution in [2.24, 2.45) is 0 Å². The minimum atomic E-state index is -0.104. The van der Waals surface area contributed by atoms with Gasteiger partial charge in [0.05, 0.1) is 18.4 Å². The van der Waals surface area contributed by atoms with E-state index in [0.29, 0.717) is 11.6 Å². The first-order chi connectivity index (χ1) is 14.8. The van der Waals surface area contributed by atoms with Gasteiger partial charge in [0.15, 0.2) is 11.6 Å². The molecule has 1 saturated carbocycles. The molecule has 11 nitrogen and oxygen atoms in total. The van der Waals surface area contributed by atoms with Gasteiger partial charge in [0.1, 0.15) is 18.5 Å². The highest BCUT2D eigenvalue weighted by Crippen LogP contribution is 2.28. The van der Waals surface area contributed by atoms with Crippen LogP contribution in [0.3, 0.4) is 0 Å². The Kier molecular flexibility index (Phi) is 4.75. The molecule has 0 unspecified atom stereocenters. The normalized spacial score (nSPS) is 18.9. The van der Waals surface area contributed by atoms with E-state index in [4.69, 9.17) is 0 Å². The third-order valence-electron chi connectivity index (χ3n) is 5.22. The zero-order valence-electron chi connectivity index (χ0n) is 16.1. The molecular formula is C19H20N10O. The van der Waals surface area contributed by atoms with E-state index in [-0.39, 0.29) is 17.6 Å². The van der Waals surface area contributed by atoms with Crippen LogP contribution in [0.4, 0.5) is 5.82 Å². The lowest BCUT2D eigenvalue weighted by molar-refractivity contribution is 0.302. The molecule has 5 rings (SSSR count). The molecule has 1 aliphatic rings. The van der Waals surface area contributed by atoms with Crippen molar-refractivity contribution in [2.75, 3.05) is 5.32 Å². The number of hydrogen-bond donors (Lipinski definition) is 1. The molecule has 0 atom stereocenters. The monoisotopic (exact) mass is 404 g/mol. The Morgan fingerprint density at radius 2 is 1.87 bits per heavy atom. The topological polar surface area (TPSA) is 121 Å². The quantitative estimate of drug-likeness (QED) is 0.530. The Bertz CT molecular complexity index is 1160. The molecule has 0 aromatic carbocycles. The fraction of sp³-hybridized carbons (Fsp3) is 0.316. The van der Waals surface area contributed by atoms with Gasteiger partial charge in [-0.15, -0.1) is 5.10 Å². The van der Waals surface area contributed by atoms with Crippen molar-refractivity contribution in [3.8, 4) is 11.6 Å². The van der Waals surface area contributed by atoms with Crippen LogP contribution in [0.15, 0.2) is 60.4 Å².